The van der Waals surface area contributed by atoms with Crippen molar-refractivity contribution >= 4 is 22.5 Å². The van der Waals surface area contributed by atoms with Gasteiger partial charge in [-0.3, -0.25) is 14.6 Å². The van der Waals surface area contributed by atoms with Gasteiger partial charge in [0.15, 0.2) is 0 Å². The predicted molar refractivity (Wildman–Crippen MR) is 114 cm³/mol. The van der Waals surface area contributed by atoms with Crippen molar-refractivity contribution in [2.75, 3.05) is 11.9 Å². The van der Waals surface area contributed by atoms with Crippen molar-refractivity contribution in [1.29, 1.82) is 0 Å². The molecule has 0 fully saturated rings. The molecule has 2 aromatic carbocycles. The zero-order valence-electron chi connectivity index (χ0n) is 16.0. The fourth-order valence-electron chi connectivity index (χ4n) is 3.33. The van der Waals surface area contributed by atoms with Crippen molar-refractivity contribution in [2.24, 2.45) is 5.73 Å². The summed E-state index contributed by atoms with van der Waals surface area (Å²) in [5, 5.41) is 3.64. The van der Waals surface area contributed by atoms with E-state index in [1.54, 1.807) is 41.2 Å². The number of pyridine rings is 2. The summed E-state index contributed by atoms with van der Waals surface area (Å²) in [6.07, 6.45) is 5.68. The highest BCUT2D eigenvalue weighted by Gasteiger charge is 2.14. The van der Waals surface area contributed by atoms with Gasteiger partial charge in [-0.1, -0.05) is 0 Å². The molecule has 150 valence electrons. The zero-order valence-corrected chi connectivity index (χ0v) is 16.0. The number of primary amides is 1. The van der Waals surface area contributed by atoms with Gasteiger partial charge in [-0.2, -0.15) is 0 Å². The van der Waals surface area contributed by atoms with Crippen molar-refractivity contribution in [3.05, 3.63) is 100 Å². The van der Waals surface area contributed by atoms with Gasteiger partial charge in [0.2, 0.25) is 5.43 Å². The molecule has 0 radical (unpaired) electrons. The van der Waals surface area contributed by atoms with Gasteiger partial charge in [-0.15, -0.1) is 0 Å². The molecule has 0 saturated heterocycles. The SMILES string of the molecule is NC(=O)c1cn(-c2ccc(F)cc2)c2ccc(NCCc3ccncc3)cc2c1=O. The van der Waals surface area contributed by atoms with E-state index in [2.05, 4.69) is 10.3 Å². The average molecular weight is 402 g/mol. The molecule has 4 aromatic rings. The topological polar surface area (TPSA) is 90.0 Å². The van der Waals surface area contributed by atoms with Crippen molar-refractivity contribution < 1.29 is 9.18 Å². The van der Waals surface area contributed by atoms with Gasteiger partial charge in [-0.05, 0) is 66.6 Å². The van der Waals surface area contributed by atoms with Crippen LogP contribution in [-0.2, 0) is 6.42 Å². The maximum atomic E-state index is 13.3. The van der Waals surface area contributed by atoms with E-state index >= 15 is 0 Å². The summed E-state index contributed by atoms with van der Waals surface area (Å²) in [6.45, 7) is 0.664. The fourth-order valence-corrected chi connectivity index (χ4v) is 3.33. The molecule has 7 heteroatoms. The first kappa shape index (κ1) is 19.3. The molecule has 2 heterocycles. The number of nitrogens with one attached hydrogen (secondary N) is 1. The summed E-state index contributed by atoms with van der Waals surface area (Å²) < 4.78 is 15.0. The summed E-state index contributed by atoms with van der Waals surface area (Å²) in [6, 6.07) is 15.0. The van der Waals surface area contributed by atoms with Crippen molar-refractivity contribution in [2.45, 2.75) is 6.42 Å². The van der Waals surface area contributed by atoms with Gasteiger partial charge in [0, 0.05) is 41.9 Å². The Labute approximate surface area is 171 Å². The first-order valence-electron chi connectivity index (χ1n) is 9.41. The van der Waals surface area contributed by atoms with Gasteiger partial charge in [0.25, 0.3) is 5.91 Å². The minimum atomic E-state index is -0.811. The molecule has 6 nitrogen and oxygen atoms in total. The van der Waals surface area contributed by atoms with Crippen LogP contribution in [0.1, 0.15) is 15.9 Å². The van der Waals surface area contributed by atoms with E-state index in [4.69, 9.17) is 5.73 Å². The molecule has 0 aliphatic rings. The molecule has 2 aromatic heterocycles. The number of rotatable bonds is 6. The third kappa shape index (κ3) is 3.91. The Morgan fingerprint density at radius 3 is 2.50 bits per heavy atom. The second-order valence-electron chi connectivity index (χ2n) is 6.85. The monoisotopic (exact) mass is 402 g/mol. The normalized spacial score (nSPS) is 10.8. The Kier molecular flexibility index (Phi) is 5.26. The van der Waals surface area contributed by atoms with Crippen molar-refractivity contribution in [1.82, 2.24) is 9.55 Å². The van der Waals surface area contributed by atoms with E-state index in [0.717, 1.165) is 17.7 Å². The smallest absolute Gasteiger partial charge is 0.254 e. The van der Waals surface area contributed by atoms with Crippen LogP contribution in [0.3, 0.4) is 0 Å². The first-order chi connectivity index (χ1) is 14.5. The predicted octanol–water partition coefficient (Wildman–Crippen LogP) is 3.28. The van der Waals surface area contributed by atoms with E-state index in [9.17, 15) is 14.0 Å². The van der Waals surface area contributed by atoms with E-state index in [1.165, 1.54) is 18.3 Å². The number of fused-ring (bicyclic) bond motifs is 1. The van der Waals surface area contributed by atoms with Gasteiger partial charge in [0.05, 0.1) is 5.52 Å². The molecule has 4 rings (SSSR count). The number of benzene rings is 2. The summed E-state index contributed by atoms with van der Waals surface area (Å²) in [4.78, 5) is 28.7. The standard InChI is InChI=1S/C23H19FN4O2/c24-16-1-4-18(5-2-16)28-14-20(23(25)30)22(29)19-13-17(3-6-21(19)28)27-12-9-15-7-10-26-11-8-15/h1-8,10-11,13-14,27H,9,12H2,(H2,25,30). The molecule has 1 amide bonds. The molecule has 0 spiro atoms. The minimum absolute atomic E-state index is 0.124. The average Bonchev–Trinajstić information content (AvgIpc) is 2.75. The highest BCUT2D eigenvalue weighted by atomic mass is 19.1. The number of carbonyl (C=O) groups is 1. The number of nitrogens with zero attached hydrogens (tertiary/aromatic N) is 2. The molecular formula is C23H19FN4O2. The van der Waals surface area contributed by atoms with Crippen molar-refractivity contribution in [3.63, 3.8) is 0 Å². The molecule has 0 unspecified atom stereocenters. The quantitative estimate of drug-likeness (QED) is 0.518. The zero-order chi connectivity index (χ0) is 21.1. The van der Waals surface area contributed by atoms with Gasteiger partial charge in [0.1, 0.15) is 11.4 Å². The summed E-state index contributed by atoms with van der Waals surface area (Å²) in [5.41, 5.74) is 7.97. The number of hydrogen-bond donors (Lipinski definition) is 2. The lowest BCUT2D eigenvalue weighted by molar-refractivity contribution is 0.0999. The van der Waals surface area contributed by atoms with Crippen LogP contribution < -0.4 is 16.5 Å². The maximum absolute atomic E-state index is 13.3. The number of amides is 1. The summed E-state index contributed by atoms with van der Waals surface area (Å²) in [5.74, 6) is -1.19. The Morgan fingerprint density at radius 2 is 1.80 bits per heavy atom. The Hall–Kier alpha value is -4.00. The van der Waals surface area contributed by atoms with Gasteiger partial charge >= 0.3 is 0 Å². The van der Waals surface area contributed by atoms with Gasteiger partial charge < -0.3 is 15.6 Å². The number of aromatic nitrogens is 2. The first-order valence-corrected chi connectivity index (χ1v) is 9.41. The molecule has 0 aliphatic carbocycles. The third-order valence-electron chi connectivity index (χ3n) is 4.87. The number of halogens is 1. The Bertz CT molecular complexity index is 1270. The van der Waals surface area contributed by atoms with Crippen LogP contribution in [0.25, 0.3) is 16.6 Å². The lowest BCUT2D eigenvalue weighted by Crippen LogP contribution is -2.24. The van der Waals surface area contributed by atoms with Crippen LogP contribution >= 0.6 is 0 Å². The Balaban J connectivity index is 1.73. The molecule has 0 atom stereocenters. The van der Waals surface area contributed by atoms with Crippen LogP contribution in [0.15, 0.2) is 78.0 Å². The van der Waals surface area contributed by atoms with Crippen molar-refractivity contribution in [3.8, 4) is 5.69 Å². The lowest BCUT2D eigenvalue weighted by atomic mass is 10.1. The molecule has 0 saturated carbocycles. The third-order valence-corrected chi connectivity index (χ3v) is 4.87. The highest BCUT2D eigenvalue weighted by molar-refractivity contribution is 5.97. The molecule has 0 bridgehead atoms. The molecule has 30 heavy (non-hydrogen) atoms. The largest absolute Gasteiger partial charge is 0.385 e. The molecular weight excluding hydrogens is 383 g/mol. The molecule has 0 aliphatic heterocycles. The lowest BCUT2D eigenvalue weighted by Gasteiger charge is -2.14. The number of carbonyl (C=O) groups excluding carboxylic acids is 1. The summed E-state index contributed by atoms with van der Waals surface area (Å²) in [7, 11) is 0. The number of hydrogen-bond acceptors (Lipinski definition) is 4. The van der Waals surface area contributed by atoms with Crippen LogP contribution in [0.4, 0.5) is 10.1 Å². The van der Waals surface area contributed by atoms with Crippen LogP contribution in [0.2, 0.25) is 0 Å². The Morgan fingerprint density at radius 1 is 1.07 bits per heavy atom. The second kappa shape index (κ2) is 8.16. The number of nitrogens with two attached hydrogens (primary N) is 1. The van der Waals surface area contributed by atoms with E-state index in [-0.39, 0.29) is 11.4 Å². The highest BCUT2D eigenvalue weighted by Crippen LogP contribution is 2.21. The maximum Gasteiger partial charge on any atom is 0.254 e. The fraction of sp³-hybridized carbons (Fsp3) is 0.0870. The number of anilines is 1. The van der Waals surface area contributed by atoms with E-state index in [1.807, 2.05) is 18.2 Å². The van der Waals surface area contributed by atoms with Crippen LogP contribution in [0.5, 0.6) is 0 Å². The molecule has 3 N–H and O–H groups in total. The minimum Gasteiger partial charge on any atom is -0.385 e. The van der Waals surface area contributed by atoms with Crippen LogP contribution in [-0.4, -0.2) is 22.0 Å². The van der Waals surface area contributed by atoms with E-state index < -0.39 is 11.3 Å². The van der Waals surface area contributed by atoms with E-state index in [0.29, 0.717) is 23.1 Å². The van der Waals surface area contributed by atoms with Gasteiger partial charge in [-0.25, -0.2) is 4.39 Å². The summed E-state index contributed by atoms with van der Waals surface area (Å²) >= 11 is 0. The second-order valence-corrected chi connectivity index (χ2v) is 6.85. The van der Waals surface area contributed by atoms with Crippen LogP contribution in [0, 0.1) is 5.82 Å².